The topological polar surface area (TPSA) is 46.9 Å². The lowest BCUT2D eigenvalue weighted by atomic mass is 10.2. The Hall–Kier alpha value is -1.92. The van der Waals surface area contributed by atoms with Gasteiger partial charge in [0.15, 0.2) is 0 Å². The molecule has 0 atom stereocenters. The molecule has 1 amide bonds. The first-order chi connectivity index (χ1) is 11.0. The van der Waals surface area contributed by atoms with Crippen molar-refractivity contribution in [1.82, 2.24) is 9.78 Å². The lowest BCUT2D eigenvalue weighted by molar-refractivity contribution is 0.102. The van der Waals surface area contributed by atoms with Gasteiger partial charge in [-0.1, -0.05) is 22.0 Å². The highest BCUT2D eigenvalue weighted by Gasteiger charge is 2.11. The van der Waals surface area contributed by atoms with Gasteiger partial charge in [0.1, 0.15) is 0 Å². The molecule has 0 aliphatic carbocycles. The van der Waals surface area contributed by atoms with Crippen LogP contribution in [-0.4, -0.2) is 15.7 Å². The highest BCUT2D eigenvalue weighted by molar-refractivity contribution is 9.10. The minimum atomic E-state index is -0.196. The lowest BCUT2D eigenvalue weighted by Gasteiger charge is -2.06. The van der Waals surface area contributed by atoms with Crippen molar-refractivity contribution in [3.05, 3.63) is 74.9 Å². The van der Waals surface area contributed by atoms with E-state index in [2.05, 4.69) is 42.3 Å². The molecule has 4 nitrogen and oxygen atoms in total. The van der Waals surface area contributed by atoms with Crippen molar-refractivity contribution in [1.29, 1.82) is 0 Å². The minimum Gasteiger partial charge on any atom is -0.321 e. The predicted molar refractivity (Wildman–Crippen MR) is 98.1 cm³/mol. The minimum absolute atomic E-state index is 0.196. The van der Waals surface area contributed by atoms with Crippen LogP contribution in [0.25, 0.3) is 5.69 Å². The molecule has 0 saturated heterocycles. The fourth-order valence-corrected chi connectivity index (χ4v) is 2.95. The Bertz CT molecular complexity index is 857. The van der Waals surface area contributed by atoms with Crippen LogP contribution in [0.4, 0.5) is 5.69 Å². The third-order valence-electron chi connectivity index (χ3n) is 3.31. The summed E-state index contributed by atoms with van der Waals surface area (Å²) >= 11 is 6.85. The maximum Gasteiger partial charge on any atom is 0.258 e. The second-order valence-corrected chi connectivity index (χ2v) is 6.86. The van der Waals surface area contributed by atoms with Gasteiger partial charge in [-0.25, -0.2) is 4.68 Å². The average Bonchev–Trinajstić information content (AvgIpc) is 3.01. The fourth-order valence-electron chi connectivity index (χ4n) is 2.09. The van der Waals surface area contributed by atoms with Crippen molar-refractivity contribution in [2.24, 2.45) is 0 Å². The van der Waals surface area contributed by atoms with E-state index < -0.39 is 0 Å². The van der Waals surface area contributed by atoms with Crippen LogP contribution in [0, 0.1) is 6.92 Å². The van der Waals surface area contributed by atoms with Crippen LogP contribution in [0.3, 0.4) is 0 Å². The predicted octanol–water partition coefficient (Wildman–Crippen LogP) is 4.96. The van der Waals surface area contributed by atoms with Gasteiger partial charge in [0.2, 0.25) is 0 Å². The van der Waals surface area contributed by atoms with Crippen LogP contribution in [0.1, 0.15) is 15.9 Å². The van der Waals surface area contributed by atoms with Gasteiger partial charge in [-0.05, 0) is 64.8 Å². The molecule has 6 heteroatoms. The Morgan fingerprint density at radius 1 is 1.13 bits per heavy atom. The van der Waals surface area contributed by atoms with E-state index in [1.165, 1.54) is 0 Å². The normalized spacial score (nSPS) is 10.6. The number of halogens is 2. The van der Waals surface area contributed by atoms with E-state index in [1.807, 2.05) is 49.4 Å². The molecule has 116 valence electrons. The largest absolute Gasteiger partial charge is 0.321 e. The van der Waals surface area contributed by atoms with Gasteiger partial charge in [-0.3, -0.25) is 4.79 Å². The number of anilines is 1. The number of aromatic nitrogens is 2. The second-order valence-electron chi connectivity index (χ2n) is 5.09. The summed E-state index contributed by atoms with van der Waals surface area (Å²) in [5.41, 5.74) is 3.25. The van der Waals surface area contributed by atoms with E-state index in [0.717, 1.165) is 25.9 Å². The van der Waals surface area contributed by atoms with Crippen molar-refractivity contribution in [2.45, 2.75) is 6.92 Å². The number of carbonyl (C=O) groups excluding carboxylic acids is 1. The molecule has 0 fully saturated rings. The summed E-state index contributed by atoms with van der Waals surface area (Å²) in [4.78, 5) is 12.4. The first-order valence-electron chi connectivity index (χ1n) is 6.91. The maximum atomic E-state index is 12.4. The number of nitrogens with zero attached hydrogens (tertiary/aromatic N) is 2. The first-order valence-corrected chi connectivity index (χ1v) is 8.49. The standard InChI is InChI=1S/C17H13Br2N3O/c1-11-2-7-16(15(19)8-11)21-17(23)12-9-20-22(10-12)14-5-3-13(18)4-6-14/h2-10H,1H3,(H,21,23). The number of nitrogens with one attached hydrogen (secondary N) is 1. The van der Waals surface area contributed by atoms with E-state index in [9.17, 15) is 4.79 Å². The van der Waals surface area contributed by atoms with Crippen LogP contribution in [0.15, 0.2) is 63.8 Å². The summed E-state index contributed by atoms with van der Waals surface area (Å²) in [5, 5.41) is 7.13. The average molecular weight is 435 g/mol. The highest BCUT2D eigenvalue weighted by Crippen LogP contribution is 2.24. The molecular formula is C17H13Br2N3O. The van der Waals surface area contributed by atoms with Crippen molar-refractivity contribution in [3.63, 3.8) is 0 Å². The van der Waals surface area contributed by atoms with Gasteiger partial charge in [0.05, 0.1) is 23.1 Å². The molecule has 0 aliphatic rings. The summed E-state index contributed by atoms with van der Waals surface area (Å²) in [6.07, 6.45) is 3.26. The second kappa shape index (κ2) is 6.68. The molecule has 2 aromatic carbocycles. The van der Waals surface area contributed by atoms with Crippen molar-refractivity contribution in [2.75, 3.05) is 5.32 Å². The molecule has 3 aromatic rings. The maximum absolute atomic E-state index is 12.4. The highest BCUT2D eigenvalue weighted by atomic mass is 79.9. The summed E-state index contributed by atoms with van der Waals surface area (Å²) < 4.78 is 3.52. The van der Waals surface area contributed by atoms with Crippen molar-refractivity contribution in [3.8, 4) is 5.69 Å². The Morgan fingerprint density at radius 3 is 2.57 bits per heavy atom. The van der Waals surface area contributed by atoms with Gasteiger partial charge >= 0.3 is 0 Å². The third-order valence-corrected chi connectivity index (χ3v) is 4.49. The molecule has 0 spiro atoms. The van der Waals surface area contributed by atoms with E-state index in [-0.39, 0.29) is 5.91 Å². The van der Waals surface area contributed by atoms with Gasteiger partial charge in [-0.15, -0.1) is 0 Å². The molecule has 23 heavy (non-hydrogen) atoms. The van der Waals surface area contributed by atoms with Crippen LogP contribution < -0.4 is 5.32 Å². The lowest BCUT2D eigenvalue weighted by Crippen LogP contribution is -2.11. The number of carbonyl (C=O) groups is 1. The molecule has 0 radical (unpaired) electrons. The number of hydrogen-bond acceptors (Lipinski definition) is 2. The smallest absolute Gasteiger partial charge is 0.258 e. The number of rotatable bonds is 3. The van der Waals surface area contributed by atoms with Crippen LogP contribution in [0.2, 0.25) is 0 Å². The molecular weight excluding hydrogens is 422 g/mol. The zero-order valence-electron chi connectivity index (χ0n) is 12.3. The molecule has 0 aliphatic heterocycles. The SMILES string of the molecule is Cc1ccc(NC(=O)c2cnn(-c3ccc(Br)cc3)c2)c(Br)c1. The zero-order valence-corrected chi connectivity index (χ0v) is 15.4. The molecule has 0 unspecified atom stereocenters. The van der Waals surface area contributed by atoms with E-state index in [0.29, 0.717) is 5.56 Å². The number of amides is 1. The Labute approximate surface area is 150 Å². The summed E-state index contributed by atoms with van der Waals surface area (Å²) in [6.45, 7) is 2.00. The number of benzene rings is 2. The van der Waals surface area contributed by atoms with Crippen LogP contribution >= 0.6 is 31.9 Å². The molecule has 0 bridgehead atoms. The van der Waals surface area contributed by atoms with E-state index in [4.69, 9.17) is 0 Å². The third kappa shape index (κ3) is 3.71. The molecule has 1 aromatic heterocycles. The summed E-state index contributed by atoms with van der Waals surface area (Å²) in [6, 6.07) is 13.5. The van der Waals surface area contributed by atoms with Gasteiger partial charge < -0.3 is 5.32 Å². The Kier molecular flexibility index (Phi) is 4.63. The molecule has 1 heterocycles. The number of aryl methyl sites for hydroxylation is 1. The summed E-state index contributed by atoms with van der Waals surface area (Å²) in [5.74, 6) is -0.196. The van der Waals surface area contributed by atoms with E-state index in [1.54, 1.807) is 17.1 Å². The van der Waals surface area contributed by atoms with Gasteiger partial charge in [0, 0.05) is 15.1 Å². The van der Waals surface area contributed by atoms with Crippen LogP contribution in [-0.2, 0) is 0 Å². The fraction of sp³-hybridized carbons (Fsp3) is 0.0588. The molecule has 1 N–H and O–H groups in total. The summed E-state index contributed by atoms with van der Waals surface area (Å²) in [7, 11) is 0. The van der Waals surface area contributed by atoms with E-state index >= 15 is 0 Å². The van der Waals surface area contributed by atoms with Crippen LogP contribution in [0.5, 0.6) is 0 Å². The van der Waals surface area contributed by atoms with Gasteiger partial charge in [0.25, 0.3) is 5.91 Å². The van der Waals surface area contributed by atoms with Crippen molar-refractivity contribution < 1.29 is 4.79 Å². The number of hydrogen-bond donors (Lipinski definition) is 1. The molecule has 3 rings (SSSR count). The zero-order chi connectivity index (χ0) is 16.4. The Morgan fingerprint density at radius 2 is 1.87 bits per heavy atom. The van der Waals surface area contributed by atoms with Gasteiger partial charge in [-0.2, -0.15) is 5.10 Å². The quantitative estimate of drug-likeness (QED) is 0.633. The molecule has 0 saturated carbocycles. The Balaban J connectivity index is 1.79. The van der Waals surface area contributed by atoms with Crippen molar-refractivity contribution >= 4 is 43.5 Å². The first kappa shape index (κ1) is 16.0. The monoisotopic (exact) mass is 433 g/mol.